The van der Waals surface area contributed by atoms with Crippen LogP contribution in [0.25, 0.3) is 0 Å². The van der Waals surface area contributed by atoms with Crippen LogP contribution in [0.1, 0.15) is 17.9 Å². The van der Waals surface area contributed by atoms with Gasteiger partial charge in [-0.15, -0.1) is 0 Å². The molecule has 1 heterocycles. The van der Waals surface area contributed by atoms with E-state index in [4.69, 9.17) is 4.52 Å². The van der Waals surface area contributed by atoms with Gasteiger partial charge in [0.1, 0.15) is 5.76 Å². The number of halogens is 2. The number of alkyl halides is 2. The third kappa shape index (κ3) is 3.49. The molecule has 0 saturated heterocycles. The number of aryl methyl sites for hydroxylation is 1. The fraction of sp³-hybridized carbons (Fsp3) is 0.700. The number of sulfonamides is 1. The van der Waals surface area contributed by atoms with E-state index >= 15 is 0 Å². The summed E-state index contributed by atoms with van der Waals surface area (Å²) in [6, 6.07) is 1.61. The van der Waals surface area contributed by atoms with Gasteiger partial charge in [-0.2, -0.15) is 0 Å². The van der Waals surface area contributed by atoms with Crippen LogP contribution in [-0.2, 0) is 16.6 Å². The van der Waals surface area contributed by atoms with Crippen LogP contribution >= 0.6 is 0 Å². The van der Waals surface area contributed by atoms with E-state index in [0.717, 1.165) is 0 Å². The van der Waals surface area contributed by atoms with Crippen LogP contribution in [0.15, 0.2) is 10.6 Å². The van der Waals surface area contributed by atoms with Crippen molar-refractivity contribution < 1.29 is 21.7 Å². The second kappa shape index (κ2) is 4.93. The maximum Gasteiger partial charge on any atom is 0.241 e. The molecule has 0 spiro atoms. The summed E-state index contributed by atoms with van der Waals surface area (Å²) in [6.45, 7) is 1.72. The number of hydrogen-bond donors (Lipinski definition) is 1. The van der Waals surface area contributed by atoms with Crippen molar-refractivity contribution in [2.24, 2.45) is 11.8 Å². The van der Waals surface area contributed by atoms with Gasteiger partial charge in [0, 0.05) is 12.0 Å². The van der Waals surface area contributed by atoms with Crippen molar-refractivity contribution in [3.05, 3.63) is 17.5 Å². The maximum absolute atomic E-state index is 12.3. The van der Waals surface area contributed by atoms with Crippen molar-refractivity contribution in [3.8, 4) is 0 Å². The predicted molar refractivity (Wildman–Crippen MR) is 59.5 cm³/mol. The van der Waals surface area contributed by atoms with Crippen LogP contribution in [0.3, 0.4) is 0 Å². The Labute approximate surface area is 104 Å². The van der Waals surface area contributed by atoms with Gasteiger partial charge in [-0.25, -0.2) is 21.9 Å². The molecule has 5 nitrogen and oxygen atoms in total. The van der Waals surface area contributed by atoms with Crippen molar-refractivity contribution in [2.75, 3.05) is 5.75 Å². The Morgan fingerprint density at radius 1 is 1.61 bits per heavy atom. The Hall–Kier alpha value is -1.02. The van der Waals surface area contributed by atoms with Gasteiger partial charge in [-0.1, -0.05) is 5.16 Å². The van der Waals surface area contributed by atoms with E-state index in [2.05, 4.69) is 9.88 Å². The van der Waals surface area contributed by atoms with Gasteiger partial charge in [0.05, 0.1) is 18.0 Å². The minimum Gasteiger partial charge on any atom is -0.361 e. The highest BCUT2D eigenvalue weighted by atomic mass is 32.2. The Bertz CT molecular complexity index is 515. The average Bonchev–Trinajstić information content (AvgIpc) is 2.88. The highest BCUT2D eigenvalue weighted by Gasteiger charge is 2.46. The largest absolute Gasteiger partial charge is 0.361 e. The van der Waals surface area contributed by atoms with Crippen LogP contribution < -0.4 is 4.72 Å². The van der Waals surface area contributed by atoms with Gasteiger partial charge < -0.3 is 4.52 Å². The summed E-state index contributed by atoms with van der Waals surface area (Å²) in [5.41, 5.74) is 0.470. The molecule has 1 aliphatic rings. The molecule has 1 aromatic heterocycles. The molecule has 1 aromatic rings. The second-order valence-corrected chi connectivity index (χ2v) is 6.38. The lowest BCUT2D eigenvalue weighted by Gasteiger charge is -2.04. The zero-order chi connectivity index (χ0) is 13.3. The topological polar surface area (TPSA) is 72.2 Å². The molecule has 0 aliphatic heterocycles. The summed E-state index contributed by atoms with van der Waals surface area (Å²) in [5, 5.41) is 3.63. The maximum atomic E-state index is 12.3. The number of hydrogen-bond acceptors (Lipinski definition) is 4. The third-order valence-electron chi connectivity index (χ3n) is 2.88. The van der Waals surface area contributed by atoms with E-state index in [1.165, 1.54) is 0 Å². The molecule has 1 N–H and O–H groups in total. The van der Waals surface area contributed by atoms with Gasteiger partial charge in [0.15, 0.2) is 0 Å². The normalized spacial score (nSPS) is 23.6. The van der Waals surface area contributed by atoms with Gasteiger partial charge in [-0.3, -0.25) is 0 Å². The van der Waals surface area contributed by atoms with Gasteiger partial charge in [0.25, 0.3) is 0 Å². The van der Waals surface area contributed by atoms with Crippen molar-refractivity contribution in [3.63, 3.8) is 0 Å². The first kappa shape index (κ1) is 13.4. The number of aromatic nitrogens is 1. The molecule has 18 heavy (non-hydrogen) atoms. The van der Waals surface area contributed by atoms with Gasteiger partial charge >= 0.3 is 0 Å². The second-order valence-electron chi connectivity index (χ2n) is 4.53. The van der Waals surface area contributed by atoms with E-state index in [1.807, 2.05) is 0 Å². The van der Waals surface area contributed by atoms with Crippen LogP contribution in [0.2, 0.25) is 0 Å². The molecule has 0 aromatic carbocycles. The van der Waals surface area contributed by atoms with Crippen molar-refractivity contribution >= 4 is 10.0 Å². The molecule has 0 radical (unpaired) electrons. The SMILES string of the molecule is Cc1cc(CNS(=O)(=O)C[C@@H]2C[C@H]2C(F)F)no1. The summed E-state index contributed by atoms with van der Waals surface area (Å²) >= 11 is 0. The molecule has 0 amide bonds. The highest BCUT2D eigenvalue weighted by molar-refractivity contribution is 7.89. The zero-order valence-corrected chi connectivity index (χ0v) is 10.6. The van der Waals surface area contributed by atoms with Gasteiger partial charge in [-0.05, 0) is 19.3 Å². The van der Waals surface area contributed by atoms with Crippen LogP contribution in [0.4, 0.5) is 8.78 Å². The molecular formula is C10H14F2N2O3S. The fourth-order valence-corrected chi connectivity index (χ4v) is 3.23. The summed E-state index contributed by atoms with van der Waals surface area (Å²) in [6.07, 6.45) is -2.15. The van der Waals surface area contributed by atoms with E-state index in [1.54, 1.807) is 13.0 Å². The Morgan fingerprint density at radius 2 is 2.33 bits per heavy atom. The standard InChI is InChI=1S/C10H14F2N2O3S/c1-6-2-8(14-17-6)4-13-18(15,16)5-7-3-9(7)10(11)12/h2,7,9-10,13H,3-5H2,1H3/t7-,9+/m0/s1. The molecule has 1 aliphatic carbocycles. The van der Waals surface area contributed by atoms with Crippen LogP contribution in [-0.4, -0.2) is 25.8 Å². The summed E-state index contributed by atoms with van der Waals surface area (Å²) in [7, 11) is -3.54. The monoisotopic (exact) mass is 280 g/mol. The lowest BCUT2D eigenvalue weighted by atomic mass is 10.4. The minimum atomic E-state index is -3.54. The Balaban J connectivity index is 1.81. The summed E-state index contributed by atoms with van der Waals surface area (Å²) in [5.74, 6) is -0.861. The minimum absolute atomic E-state index is 0.0196. The lowest BCUT2D eigenvalue weighted by molar-refractivity contribution is 0.117. The third-order valence-corrected chi connectivity index (χ3v) is 4.34. The van der Waals surface area contributed by atoms with Gasteiger partial charge in [0.2, 0.25) is 16.4 Å². The predicted octanol–water partition coefficient (Wildman–Crippen LogP) is 1.30. The molecule has 0 bridgehead atoms. The van der Waals surface area contributed by atoms with E-state index in [9.17, 15) is 17.2 Å². The first-order valence-corrected chi connectivity index (χ1v) is 7.20. The summed E-state index contributed by atoms with van der Waals surface area (Å²) < 4.78 is 54.9. The first-order valence-electron chi connectivity index (χ1n) is 5.55. The van der Waals surface area contributed by atoms with Crippen LogP contribution in [0, 0.1) is 18.8 Å². The number of rotatable bonds is 6. The van der Waals surface area contributed by atoms with E-state index in [-0.39, 0.29) is 18.7 Å². The van der Waals surface area contributed by atoms with Crippen molar-refractivity contribution in [1.29, 1.82) is 0 Å². The van der Waals surface area contributed by atoms with Crippen LogP contribution in [0.5, 0.6) is 0 Å². The molecule has 8 heteroatoms. The number of nitrogens with zero attached hydrogens (tertiary/aromatic N) is 1. The molecule has 0 unspecified atom stereocenters. The Morgan fingerprint density at radius 3 is 2.83 bits per heavy atom. The first-order chi connectivity index (χ1) is 8.37. The quantitative estimate of drug-likeness (QED) is 0.852. The average molecular weight is 280 g/mol. The molecular weight excluding hydrogens is 266 g/mol. The van der Waals surface area contributed by atoms with E-state index < -0.39 is 28.3 Å². The van der Waals surface area contributed by atoms with E-state index in [0.29, 0.717) is 11.5 Å². The van der Waals surface area contributed by atoms with Crippen molar-refractivity contribution in [1.82, 2.24) is 9.88 Å². The number of nitrogens with one attached hydrogen (secondary N) is 1. The highest BCUT2D eigenvalue weighted by Crippen LogP contribution is 2.43. The molecule has 1 fully saturated rings. The Kier molecular flexibility index (Phi) is 3.67. The lowest BCUT2D eigenvalue weighted by Crippen LogP contribution is -2.27. The smallest absolute Gasteiger partial charge is 0.241 e. The van der Waals surface area contributed by atoms with Crippen molar-refractivity contribution in [2.45, 2.75) is 26.3 Å². The molecule has 1 saturated carbocycles. The molecule has 102 valence electrons. The molecule has 2 atom stereocenters. The zero-order valence-electron chi connectivity index (χ0n) is 9.77. The fourth-order valence-electron chi connectivity index (χ4n) is 1.80. The summed E-state index contributed by atoms with van der Waals surface area (Å²) in [4.78, 5) is 0. The molecule has 2 rings (SSSR count).